The van der Waals surface area contributed by atoms with Gasteiger partial charge in [0.15, 0.2) is 0 Å². The van der Waals surface area contributed by atoms with E-state index in [2.05, 4.69) is 25.7 Å². The summed E-state index contributed by atoms with van der Waals surface area (Å²) in [5, 5.41) is 9.26. The number of amides is 5. The van der Waals surface area contributed by atoms with Gasteiger partial charge in [0.05, 0.1) is 25.0 Å². The number of methoxy groups -OCH3 is 2. The zero-order chi connectivity index (χ0) is 36.6. The Bertz CT molecular complexity index is 1750. The largest absolute Gasteiger partial charge is 0.497 e. The van der Waals surface area contributed by atoms with E-state index in [0.717, 1.165) is 5.39 Å². The standard InChI is InChI=1S/C34H48N6O9S/c1-8-33(4,5)38-32(44)36-27(20(3)47-6)30(42)40-18-23(49-29-25-12-9-22(48-7)15-21(25)13-14-35-29)16-26(40)28(41)37-34(17-19(34)2)31(43)39-50(45,46)24-10-11-24/h9,12-15,19-20,23-24,26-27H,8,10-11,16-18H2,1-7H3,(H,37,41)(H,39,43)(H2,36,38,44)/t19-,20+,23-,26+,27?,34-/m1/s1. The number of pyridine rings is 1. The van der Waals surface area contributed by atoms with Crippen LogP contribution in [0, 0.1) is 5.92 Å². The van der Waals surface area contributed by atoms with Crippen LogP contribution in [-0.2, 0) is 29.1 Å². The van der Waals surface area contributed by atoms with E-state index in [1.54, 1.807) is 33.2 Å². The highest BCUT2D eigenvalue weighted by atomic mass is 32.2. The van der Waals surface area contributed by atoms with Gasteiger partial charge in [0.2, 0.25) is 27.7 Å². The van der Waals surface area contributed by atoms with Crippen LogP contribution in [0.1, 0.15) is 66.7 Å². The van der Waals surface area contributed by atoms with Crippen LogP contribution in [0.25, 0.3) is 10.8 Å². The molecule has 4 N–H and O–H groups in total. The summed E-state index contributed by atoms with van der Waals surface area (Å²) < 4.78 is 44.5. The molecule has 2 aliphatic carbocycles. The Morgan fingerprint density at radius 2 is 1.84 bits per heavy atom. The summed E-state index contributed by atoms with van der Waals surface area (Å²) in [7, 11) is -0.880. The fraction of sp³-hybridized carbons (Fsp3) is 0.618. The Labute approximate surface area is 292 Å². The Morgan fingerprint density at radius 1 is 1.14 bits per heavy atom. The first-order valence-electron chi connectivity index (χ1n) is 16.9. The van der Waals surface area contributed by atoms with Gasteiger partial charge >= 0.3 is 6.03 Å². The molecule has 16 heteroatoms. The molecule has 5 rings (SSSR count). The predicted molar refractivity (Wildman–Crippen MR) is 184 cm³/mol. The maximum atomic E-state index is 14.3. The molecule has 1 aromatic carbocycles. The molecule has 2 saturated carbocycles. The van der Waals surface area contributed by atoms with Gasteiger partial charge in [-0.3, -0.25) is 19.1 Å². The molecule has 3 aliphatic rings. The zero-order valence-corrected chi connectivity index (χ0v) is 30.4. The van der Waals surface area contributed by atoms with Crippen LogP contribution in [0.4, 0.5) is 4.79 Å². The van der Waals surface area contributed by atoms with Crippen LogP contribution in [0.2, 0.25) is 0 Å². The lowest BCUT2D eigenvalue weighted by Gasteiger charge is -2.33. The van der Waals surface area contributed by atoms with Crippen LogP contribution < -0.4 is 30.1 Å². The van der Waals surface area contributed by atoms with Crippen molar-refractivity contribution in [3.8, 4) is 11.6 Å². The number of carbonyl (C=O) groups is 4. The van der Waals surface area contributed by atoms with Crippen LogP contribution in [0.5, 0.6) is 11.6 Å². The number of sulfonamides is 1. The molecule has 2 heterocycles. The molecule has 0 spiro atoms. The summed E-state index contributed by atoms with van der Waals surface area (Å²) in [6.07, 6.45) is 1.93. The maximum absolute atomic E-state index is 14.3. The van der Waals surface area contributed by atoms with Crippen molar-refractivity contribution in [2.24, 2.45) is 5.92 Å². The number of aromatic nitrogens is 1. The highest BCUT2D eigenvalue weighted by molar-refractivity contribution is 7.91. The van der Waals surface area contributed by atoms with Crippen molar-refractivity contribution in [3.05, 3.63) is 30.5 Å². The number of carbonyl (C=O) groups excluding carboxylic acids is 4. The first-order valence-corrected chi connectivity index (χ1v) is 18.5. The third-order valence-electron chi connectivity index (χ3n) is 10.1. The van der Waals surface area contributed by atoms with Gasteiger partial charge in [-0.1, -0.05) is 13.8 Å². The molecule has 274 valence electrons. The lowest BCUT2D eigenvalue weighted by molar-refractivity contribution is -0.143. The van der Waals surface area contributed by atoms with E-state index >= 15 is 0 Å². The lowest BCUT2D eigenvalue weighted by Crippen LogP contribution is -2.61. The van der Waals surface area contributed by atoms with Crippen LogP contribution in [0.3, 0.4) is 0 Å². The summed E-state index contributed by atoms with van der Waals surface area (Å²) in [5.41, 5.74) is -2.01. The van der Waals surface area contributed by atoms with Gasteiger partial charge in [-0.05, 0) is 82.0 Å². The first-order chi connectivity index (χ1) is 23.5. The SMILES string of the molecule is CCC(C)(C)NC(=O)NC(C(=O)N1C[C@H](Oc2nccc3cc(OC)ccc23)C[C@H]1C(=O)N[C@]1(C(=O)NS(=O)(=O)C2CC2)C[C@H]1C)[C@H](C)OC. The molecule has 1 saturated heterocycles. The Hall–Kier alpha value is -4.18. The topological polar surface area (TPSA) is 194 Å². The van der Waals surface area contributed by atoms with Crippen molar-refractivity contribution in [1.29, 1.82) is 0 Å². The molecule has 6 atom stereocenters. The summed E-state index contributed by atoms with van der Waals surface area (Å²) >= 11 is 0. The number of rotatable bonds is 14. The number of urea groups is 1. The van der Waals surface area contributed by atoms with Gasteiger partial charge in [-0.25, -0.2) is 18.2 Å². The molecule has 1 aliphatic heterocycles. The Balaban J connectivity index is 1.42. The number of benzene rings is 1. The molecule has 3 fully saturated rings. The van der Waals surface area contributed by atoms with E-state index in [0.29, 0.717) is 36.3 Å². The maximum Gasteiger partial charge on any atom is 0.315 e. The number of hydrogen-bond acceptors (Lipinski definition) is 10. The summed E-state index contributed by atoms with van der Waals surface area (Å²) in [4.78, 5) is 60.6. The van der Waals surface area contributed by atoms with Gasteiger partial charge in [-0.15, -0.1) is 0 Å². The minimum Gasteiger partial charge on any atom is -0.497 e. The molecular formula is C34H48N6O9S. The van der Waals surface area contributed by atoms with Gasteiger partial charge < -0.3 is 35.1 Å². The normalized spacial score (nSPS) is 24.5. The van der Waals surface area contributed by atoms with Crippen molar-refractivity contribution < 1.29 is 41.8 Å². The third kappa shape index (κ3) is 7.90. The van der Waals surface area contributed by atoms with E-state index in [4.69, 9.17) is 14.2 Å². The highest BCUT2D eigenvalue weighted by Gasteiger charge is 2.61. The van der Waals surface area contributed by atoms with E-state index in [1.165, 1.54) is 12.0 Å². The van der Waals surface area contributed by atoms with Crippen molar-refractivity contribution in [3.63, 3.8) is 0 Å². The number of likely N-dealkylation sites (tertiary alicyclic amines) is 1. The summed E-state index contributed by atoms with van der Waals surface area (Å²) in [6.45, 7) is 8.95. The van der Waals surface area contributed by atoms with Crippen molar-refractivity contribution in [2.75, 3.05) is 20.8 Å². The number of hydrogen-bond donors (Lipinski definition) is 4. The second-order valence-corrected chi connectivity index (χ2v) is 16.1. The molecule has 1 unspecified atom stereocenters. The smallest absolute Gasteiger partial charge is 0.315 e. The molecular weight excluding hydrogens is 668 g/mol. The molecule has 0 radical (unpaired) electrons. The fourth-order valence-electron chi connectivity index (χ4n) is 6.11. The number of ether oxygens (including phenoxy) is 3. The molecule has 0 bridgehead atoms. The van der Waals surface area contributed by atoms with Crippen LogP contribution >= 0.6 is 0 Å². The average molecular weight is 717 g/mol. The van der Waals surface area contributed by atoms with Crippen LogP contribution in [0.15, 0.2) is 30.5 Å². The zero-order valence-electron chi connectivity index (χ0n) is 29.6. The quantitative estimate of drug-likeness (QED) is 0.225. The van der Waals surface area contributed by atoms with Crippen molar-refractivity contribution >= 4 is 44.5 Å². The van der Waals surface area contributed by atoms with Gasteiger partial charge in [0.25, 0.3) is 5.91 Å². The second kappa shape index (κ2) is 14.2. The van der Waals surface area contributed by atoms with E-state index < -0.39 is 74.4 Å². The minimum atomic E-state index is -3.86. The number of fused-ring (bicyclic) bond motifs is 1. The molecule has 5 amide bonds. The summed E-state index contributed by atoms with van der Waals surface area (Å²) in [6, 6.07) is 4.32. The predicted octanol–water partition coefficient (Wildman–Crippen LogP) is 1.99. The average Bonchev–Trinajstić information content (AvgIpc) is 3.99. The summed E-state index contributed by atoms with van der Waals surface area (Å²) in [5.74, 6) is -1.44. The Morgan fingerprint density at radius 3 is 2.44 bits per heavy atom. The van der Waals surface area contributed by atoms with Gasteiger partial charge in [0.1, 0.15) is 29.5 Å². The number of nitrogens with one attached hydrogen (secondary N) is 4. The van der Waals surface area contributed by atoms with E-state index in [1.807, 2.05) is 39.0 Å². The molecule has 1 aromatic heterocycles. The van der Waals surface area contributed by atoms with Gasteiger partial charge in [0, 0.05) is 30.7 Å². The van der Waals surface area contributed by atoms with E-state index in [-0.39, 0.29) is 25.3 Å². The molecule has 2 aromatic rings. The lowest BCUT2D eigenvalue weighted by atomic mass is 10.0. The highest BCUT2D eigenvalue weighted by Crippen LogP contribution is 2.44. The van der Waals surface area contributed by atoms with Crippen LogP contribution in [-0.4, -0.2) is 103 Å². The number of nitrogens with zero attached hydrogens (tertiary/aromatic N) is 2. The van der Waals surface area contributed by atoms with E-state index in [9.17, 15) is 27.6 Å². The minimum absolute atomic E-state index is 0.0292. The Kier molecular flexibility index (Phi) is 10.5. The molecule has 50 heavy (non-hydrogen) atoms. The first kappa shape index (κ1) is 37.1. The van der Waals surface area contributed by atoms with Gasteiger partial charge in [-0.2, -0.15) is 0 Å². The van der Waals surface area contributed by atoms with Crippen molar-refractivity contribution in [2.45, 2.75) is 107 Å². The fourth-order valence-corrected chi connectivity index (χ4v) is 7.47. The monoisotopic (exact) mass is 716 g/mol. The van der Waals surface area contributed by atoms with Crippen molar-refractivity contribution in [1.82, 2.24) is 30.6 Å². The molecule has 15 nitrogen and oxygen atoms in total. The second-order valence-electron chi connectivity index (χ2n) is 14.2. The third-order valence-corrected chi connectivity index (χ3v) is 11.9.